The van der Waals surface area contributed by atoms with Crippen LogP contribution in [-0.4, -0.2) is 24.7 Å². The molecule has 1 saturated heterocycles. The fraction of sp³-hybridized carbons (Fsp3) is 0.455. The monoisotopic (exact) mass is 218 g/mol. The van der Waals surface area contributed by atoms with Crippen LogP contribution in [-0.2, 0) is 4.74 Å². The number of nitrogens with two attached hydrogens (primary N) is 1. The largest absolute Gasteiger partial charge is 0.384 e. The molecule has 2 atom stereocenters. The third-order valence-corrected chi connectivity index (χ3v) is 2.88. The number of nitrogens with zero attached hydrogens (tertiary/aromatic N) is 2. The summed E-state index contributed by atoms with van der Waals surface area (Å²) >= 11 is 0. The quantitative estimate of drug-likeness (QED) is 0.758. The van der Waals surface area contributed by atoms with E-state index in [1.54, 1.807) is 13.2 Å². The first-order valence-electron chi connectivity index (χ1n) is 5.18. The van der Waals surface area contributed by atoms with Crippen LogP contribution in [0.5, 0.6) is 0 Å². The van der Waals surface area contributed by atoms with Crippen molar-refractivity contribution >= 4 is 5.82 Å². The third kappa shape index (κ3) is 1.85. The smallest absolute Gasteiger partial charge is 0.123 e. The van der Waals surface area contributed by atoms with E-state index in [9.17, 15) is 0 Å². The van der Waals surface area contributed by atoms with Crippen molar-refractivity contribution in [3.63, 3.8) is 0 Å². The molecule has 0 aliphatic carbocycles. The second-order valence-corrected chi connectivity index (χ2v) is 3.80. The summed E-state index contributed by atoms with van der Waals surface area (Å²) < 4.78 is 5.38. The SMILES string of the molecule is COC1CCN[C@H]1c1cc(N)ncc1C#N. The maximum absolute atomic E-state index is 9.03. The summed E-state index contributed by atoms with van der Waals surface area (Å²) in [5.74, 6) is 0.428. The molecule has 0 radical (unpaired) electrons. The van der Waals surface area contributed by atoms with E-state index >= 15 is 0 Å². The Labute approximate surface area is 94.2 Å². The molecule has 1 aromatic rings. The van der Waals surface area contributed by atoms with Gasteiger partial charge in [-0.15, -0.1) is 0 Å². The average molecular weight is 218 g/mol. The lowest BCUT2D eigenvalue weighted by Gasteiger charge is -2.19. The van der Waals surface area contributed by atoms with Crippen molar-refractivity contribution in [2.45, 2.75) is 18.6 Å². The van der Waals surface area contributed by atoms with Crippen LogP contribution in [0.4, 0.5) is 5.82 Å². The predicted octanol–water partition coefficient (Wildman–Crippen LogP) is 0.585. The fourth-order valence-corrected chi connectivity index (χ4v) is 2.08. The van der Waals surface area contributed by atoms with Crippen LogP contribution in [0, 0.1) is 11.3 Å². The summed E-state index contributed by atoms with van der Waals surface area (Å²) in [6.07, 6.45) is 2.54. The van der Waals surface area contributed by atoms with Crippen molar-refractivity contribution in [3.8, 4) is 6.07 Å². The number of aromatic nitrogens is 1. The van der Waals surface area contributed by atoms with E-state index in [1.807, 2.05) is 0 Å². The van der Waals surface area contributed by atoms with Crippen LogP contribution < -0.4 is 11.1 Å². The Morgan fingerprint density at radius 1 is 1.69 bits per heavy atom. The normalized spacial score (nSPS) is 24.2. The zero-order valence-corrected chi connectivity index (χ0v) is 9.10. The van der Waals surface area contributed by atoms with Gasteiger partial charge in [0.05, 0.1) is 17.7 Å². The lowest BCUT2D eigenvalue weighted by Crippen LogP contribution is -2.23. The molecule has 16 heavy (non-hydrogen) atoms. The van der Waals surface area contributed by atoms with Gasteiger partial charge in [0.25, 0.3) is 0 Å². The number of hydrogen-bond acceptors (Lipinski definition) is 5. The zero-order valence-electron chi connectivity index (χ0n) is 9.10. The Hall–Kier alpha value is -1.64. The number of pyridine rings is 1. The van der Waals surface area contributed by atoms with Crippen LogP contribution in [0.3, 0.4) is 0 Å². The van der Waals surface area contributed by atoms with Gasteiger partial charge in [0.1, 0.15) is 11.9 Å². The maximum Gasteiger partial charge on any atom is 0.123 e. The number of methoxy groups -OCH3 is 1. The highest BCUT2D eigenvalue weighted by Gasteiger charge is 2.30. The summed E-state index contributed by atoms with van der Waals surface area (Å²) in [7, 11) is 1.68. The average Bonchev–Trinajstić information content (AvgIpc) is 2.76. The standard InChI is InChI=1S/C11H14N4O/c1-16-9-2-3-14-11(9)8-4-10(13)15-6-7(8)5-12/h4,6,9,11,14H,2-3H2,1H3,(H2,13,15)/t9?,11-/m0/s1. The van der Waals surface area contributed by atoms with Gasteiger partial charge in [-0.1, -0.05) is 0 Å². The van der Waals surface area contributed by atoms with E-state index in [0.717, 1.165) is 18.5 Å². The minimum absolute atomic E-state index is 0.0324. The van der Waals surface area contributed by atoms with Gasteiger partial charge in [0, 0.05) is 13.3 Å². The predicted molar refractivity (Wildman–Crippen MR) is 59.5 cm³/mol. The van der Waals surface area contributed by atoms with Gasteiger partial charge < -0.3 is 15.8 Å². The third-order valence-electron chi connectivity index (χ3n) is 2.88. The number of rotatable bonds is 2. The Kier molecular flexibility index (Phi) is 3.04. The molecule has 5 nitrogen and oxygen atoms in total. The molecule has 2 heterocycles. The molecule has 0 saturated carbocycles. The molecule has 5 heteroatoms. The minimum atomic E-state index is 0.0324. The van der Waals surface area contributed by atoms with Gasteiger partial charge in [-0.2, -0.15) is 5.26 Å². The van der Waals surface area contributed by atoms with Crippen molar-refractivity contribution in [1.29, 1.82) is 5.26 Å². The van der Waals surface area contributed by atoms with Gasteiger partial charge in [-0.05, 0) is 24.6 Å². The van der Waals surface area contributed by atoms with E-state index in [4.69, 9.17) is 15.7 Å². The molecule has 1 aliphatic rings. The molecule has 1 fully saturated rings. The Balaban J connectivity index is 2.39. The van der Waals surface area contributed by atoms with Crippen LogP contribution >= 0.6 is 0 Å². The number of nitrogens with one attached hydrogen (secondary N) is 1. The lowest BCUT2D eigenvalue weighted by atomic mass is 9.99. The first-order chi connectivity index (χ1) is 7.76. The summed E-state index contributed by atoms with van der Waals surface area (Å²) in [5, 5.41) is 12.3. The van der Waals surface area contributed by atoms with Gasteiger partial charge in [-0.3, -0.25) is 0 Å². The Morgan fingerprint density at radius 3 is 3.19 bits per heavy atom. The van der Waals surface area contributed by atoms with E-state index in [-0.39, 0.29) is 12.1 Å². The highest BCUT2D eigenvalue weighted by atomic mass is 16.5. The summed E-state index contributed by atoms with van der Waals surface area (Å²) in [6, 6.07) is 3.91. The molecule has 2 rings (SSSR count). The van der Waals surface area contributed by atoms with Crippen LogP contribution in [0.25, 0.3) is 0 Å². The molecule has 0 bridgehead atoms. The van der Waals surface area contributed by atoms with E-state index in [1.165, 1.54) is 6.20 Å². The molecule has 1 aliphatic heterocycles. The fourth-order valence-electron chi connectivity index (χ4n) is 2.08. The number of hydrogen-bond donors (Lipinski definition) is 2. The molecule has 0 amide bonds. The van der Waals surface area contributed by atoms with Crippen molar-refractivity contribution in [1.82, 2.24) is 10.3 Å². The highest BCUT2D eigenvalue weighted by Crippen LogP contribution is 2.28. The summed E-state index contributed by atoms with van der Waals surface area (Å²) in [6.45, 7) is 0.885. The molecule has 1 unspecified atom stereocenters. The van der Waals surface area contributed by atoms with Gasteiger partial charge in [0.15, 0.2) is 0 Å². The zero-order chi connectivity index (χ0) is 11.5. The highest BCUT2D eigenvalue weighted by molar-refractivity contribution is 5.45. The summed E-state index contributed by atoms with van der Waals surface area (Å²) in [5.41, 5.74) is 7.07. The number of nitriles is 1. The van der Waals surface area contributed by atoms with Crippen molar-refractivity contribution < 1.29 is 4.74 Å². The Bertz CT molecular complexity index is 426. The van der Waals surface area contributed by atoms with E-state index in [2.05, 4.69) is 16.4 Å². The number of ether oxygens (including phenoxy) is 1. The number of nitrogen functional groups attached to an aromatic ring is 1. The molecular formula is C11H14N4O. The second-order valence-electron chi connectivity index (χ2n) is 3.80. The van der Waals surface area contributed by atoms with E-state index < -0.39 is 0 Å². The molecule has 0 aromatic carbocycles. The molecule has 0 spiro atoms. The maximum atomic E-state index is 9.03. The first kappa shape index (κ1) is 10.9. The topological polar surface area (TPSA) is 84.0 Å². The molecule has 3 N–H and O–H groups in total. The minimum Gasteiger partial charge on any atom is -0.384 e. The van der Waals surface area contributed by atoms with Gasteiger partial charge >= 0.3 is 0 Å². The second kappa shape index (κ2) is 4.47. The van der Waals surface area contributed by atoms with Gasteiger partial charge in [0.2, 0.25) is 0 Å². The van der Waals surface area contributed by atoms with Crippen molar-refractivity contribution in [3.05, 3.63) is 23.4 Å². The van der Waals surface area contributed by atoms with Gasteiger partial charge in [-0.25, -0.2) is 4.98 Å². The number of anilines is 1. The van der Waals surface area contributed by atoms with Crippen molar-refractivity contribution in [2.75, 3.05) is 19.4 Å². The molecule has 84 valence electrons. The van der Waals surface area contributed by atoms with Crippen LogP contribution in [0.1, 0.15) is 23.6 Å². The first-order valence-corrected chi connectivity index (χ1v) is 5.18. The van der Waals surface area contributed by atoms with Crippen LogP contribution in [0.2, 0.25) is 0 Å². The summed E-state index contributed by atoms with van der Waals surface area (Å²) in [4.78, 5) is 3.92. The van der Waals surface area contributed by atoms with E-state index in [0.29, 0.717) is 11.4 Å². The molecular weight excluding hydrogens is 204 g/mol. The molecule has 1 aromatic heterocycles. The lowest BCUT2D eigenvalue weighted by molar-refractivity contribution is 0.0919. The Morgan fingerprint density at radius 2 is 2.50 bits per heavy atom. The van der Waals surface area contributed by atoms with Crippen molar-refractivity contribution in [2.24, 2.45) is 0 Å². The van der Waals surface area contributed by atoms with Crippen LogP contribution in [0.15, 0.2) is 12.3 Å².